The Hall–Kier alpha value is -4.46. The Balaban J connectivity index is 2.12. The Morgan fingerprint density at radius 3 is 2.03 bits per heavy atom. The summed E-state index contributed by atoms with van der Waals surface area (Å²) < 4.78 is 16.3. The highest BCUT2D eigenvalue weighted by Gasteiger charge is 2.24. The van der Waals surface area contributed by atoms with Gasteiger partial charge in [-0.1, -0.05) is 6.07 Å². The van der Waals surface area contributed by atoms with Gasteiger partial charge in [-0.05, 0) is 47.3 Å². The van der Waals surface area contributed by atoms with E-state index in [0.717, 1.165) is 0 Å². The van der Waals surface area contributed by atoms with Crippen molar-refractivity contribution in [3.63, 3.8) is 0 Å². The van der Waals surface area contributed by atoms with Gasteiger partial charge in [0.1, 0.15) is 17.2 Å². The zero-order chi connectivity index (χ0) is 24.6. The van der Waals surface area contributed by atoms with Crippen LogP contribution in [0.3, 0.4) is 0 Å². The molecule has 0 aliphatic rings. The molecule has 0 bridgehead atoms. The Kier molecular flexibility index (Phi) is 5.89. The molecule has 4 rings (SSSR count). The van der Waals surface area contributed by atoms with E-state index in [1.807, 2.05) is 0 Å². The minimum absolute atomic E-state index is 0.00266. The van der Waals surface area contributed by atoms with Gasteiger partial charge in [-0.3, -0.25) is 0 Å². The molecule has 0 aliphatic heterocycles. The molecular weight excluding hydrogens is 440 g/mol. The maximum Gasteiger partial charge on any atom is 0.201 e. The fourth-order valence-corrected chi connectivity index (χ4v) is 4.12. The van der Waals surface area contributed by atoms with E-state index in [0.29, 0.717) is 38.8 Å². The normalized spacial score (nSPS) is 10.9. The van der Waals surface area contributed by atoms with Gasteiger partial charge < -0.3 is 39.7 Å². The smallest absolute Gasteiger partial charge is 0.201 e. The standard InChI is InChI=1S/C26H24O8/c1-32-22-10-14(27)5-6-15(22)24-16-12-23(33-2)25(31)26(34-3)17(16)11-20(29)18(24)8-13-4-7-19(28)21(30)9-13/h4-7,9-12,27-31H,8H2,1-3H3. The van der Waals surface area contributed by atoms with Gasteiger partial charge in [-0.2, -0.15) is 0 Å². The number of phenolic OH excluding ortho intramolecular Hbond substituents is 5. The number of aromatic hydroxyl groups is 5. The van der Waals surface area contributed by atoms with Crippen LogP contribution in [0.2, 0.25) is 0 Å². The van der Waals surface area contributed by atoms with Crippen molar-refractivity contribution >= 4 is 10.8 Å². The van der Waals surface area contributed by atoms with Crippen molar-refractivity contribution in [3.8, 4) is 57.1 Å². The third kappa shape index (κ3) is 3.79. The summed E-state index contributed by atoms with van der Waals surface area (Å²) in [7, 11) is 4.29. The number of methoxy groups -OCH3 is 3. The number of phenols is 5. The lowest BCUT2D eigenvalue weighted by molar-refractivity contribution is 0.343. The van der Waals surface area contributed by atoms with Gasteiger partial charge in [0.2, 0.25) is 5.75 Å². The molecule has 8 heteroatoms. The van der Waals surface area contributed by atoms with Crippen molar-refractivity contribution in [3.05, 3.63) is 59.7 Å². The molecule has 5 N–H and O–H groups in total. The van der Waals surface area contributed by atoms with Crippen LogP contribution in [0.25, 0.3) is 21.9 Å². The van der Waals surface area contributed by atoms with E-state index in [2.05, 4.69) is 0 Å². The lowest BCUT2D eigenvalue weighted by Gasteiger charge is -2.20. The van der Waals surface area contributed by atoms with E-state index in [1.54, 1.807) is 18.2 Å². The van der Waals surface area contributed by atoms with Crippen LogP contribution in [-0.2, 0) is 6.42 Å². The fraction of sp³-hybridized carbons (Fsp3) is 0.154. The summed E-state index contributed by atoms with van der Waals surface area (Å²) in [4.78, 5) is 0. The monoisotopic (exact) mass is 464 g/mol. The number of hydrogen-bond acceptors (Lipinski definition) is 8. The van der Waals surface area contributed by atoms with Gasteiger partial charge in [0.15, 0.2) is 23.0 Å². The zero-order valence-corrected chi connectivity index (χ0v) is 18.8. The molecular formula is C26H24O8. The molecule has 34 heavy (non-hydrogen) atoms. The number of hydrogen-bond donors (Lipinski definition) is 5. The van der Waals surface area contributed by atoms with E-state index in [9.17, 15) is 25.5 Å². The van der Waals surface area contributed by atoms with E-state index in [4.69, 9.17) is 14.2 Å². The van der Waals surface area contributed by atoms with Crippen LogP contribution in [0.1, 0.15) is 11.1 Å². The summed E-state index contributed by atoms with van der Waals surface area (Å²) in [6.45, 7) is 0. The van der Waals surface area contributed by atoms with Crippen LogP contribution in [-0.4, -0.2) is 46.9 Å². The highest BCUT2D eigenvalue weighted by atomic mass is 16.5. The van der Waals surface area contributed by atoms with Crippen LogP contribution in [0, 0.1) is 0 Å². The molecule has 0 unspecified atom stereocenters. The Morgan fingerprint density at radius 2 is 1.38 bits per heavy atom. The summed E-state index contributed by atoms with van der Waals surface area (Å²) in [5, 5.41) is 52.4. The van der Waals surface area contributed by atoms with E-state index < -0.39 is 0 Å². The fourth-order valence-electron chi connectivity index (χ4n) is 4.12. The molecule has 4 aromatic carbocycles. The van der Waals surface area contributed by atoms with Crippen molar-refractivity contribution in [1.82, 2.24) is 0 Å². The first kappa shape index (κ1) is 22.7. The quantitative estimate of drug-likeness (QED) is 0.261. The summed E-state index contributed by atoms with van der Waals surface area (Å²) in [5.41, 5.74) is 2.23. The lowest BCUT2D eigenvalue weighted by atomic mass is 9.88. The minimum Gasteiger partial charge on any atom is -0.508 e. The maximum absolute atomic E-state index is 11.1. The number of fused-ring (bicyclic) bond motifs is 1. The first-order chi connectivity index (χ1) is 16.3. The number of benzene rings is 4. The van der Waals surface area contributed by atoms with E-state index >= 15 is 0 Å². The van der Waals surface area contributed by atoms with Gasteiger partial charge >= 0.3 is 0 Å². The van der Waals surface area contributed by atoms with Crippen molar-refractivity contribution in [2.75, 3.05) is 21.3 Å². The van der Waals surface area contributed by atoms with Gasteiger partial charge in [-0.15, -0.1) is 0 Å². The predicted octanol–water partition coefficient (Wildman–Crippen LogP) is 4.65. The van der Waals surface area contributed by atoms with Crippen LogP contribution < -0.4 is 14.2 Å². The van der Waals surface area contributed by atoms with Gasteiger partial charge in [0.25, 0.3) is 0 Å². The summed E-state index contributed by atoms with van der Waals surface area (Å²) in [5.74, 6) is -0.188. The third-order valence-corrected chi connectivity index (χ3v) is 5.72. The molecule has 0 atom stereocenters. The second-order valence-corrected chi connectivity index (χ2v) is 7.69. The molecule has 0 spiro atoms. The Bertz CT molecular complexity index is 1390. The predicted molar refractivity (Wildman–Crippen MR) is 127 cm³/mol. The van der Waals surface area contributed by atoms with Crippen LogP contribution in [0.15, 0.2) is 48.5 Å². The largest absolute Gasteiger partial charge is 0.508 e. The van der Waals surface area contributed by atoms with Gasteiger partial charge in [0, 0.05) is 34.6 Å². The van der Waals surface area contributed by atoms with Crippen LogP contribution >= 0.6 is 0 Å². The van der Waals surface area contributed by atoms with Crippen LogP contribution in [0.4, 0.5) is 0 Å². The SMILES string of the molecule is COc1cc(O)ccc1-c1c(Cc2ccc(O)c(O)c2)c(O)cc2c(OC)c(O)c(OC)cc12. The molecule has 176 valence electrons. The molecule has 0 saturated heterocycles. The highest BCUT2D eigenvalue weighted by Crippen LogP contribution is 2.50. The molecule has 0 heterocycles. The third-order valence-electron chi connectivity index (χ3n) is 5.72. The van der Waals surface area contributed by atoms with Crippen molar-refractivity contribution in [2.24, 2.45) is 0 Å². The van der Waals surface area contributed by atoms with Crippen LogP contribution in [0.5, 0.6) is 46.0 Å². The topological polar surface area (TPSA) is 129 Å². The molecule has 4 aromatic rings. The highest BCUT2D eigenvalue weighted by molar-refractivity contribution is 6.06. The second-order valence-electron chi connectivity index (χ2n) is 7.69. The summed E-state index contributed by atoms with van der Waals surface area (Å²) in [6.07, 6.45) is 0.181. The van der Waals surface area contributed by atoms with E-state index in [1.165, 1.54) is 51.7 Å². The van der Waals surface area contributed by atoms with Crippen molar-refractivity contribution in [1.29, 1.82) is 0 Å². The number of rotatable bonds is 6. The molecule has 0 aromatic heterocycles. The average Bonchev–Trinajstić information content (AvgIpc) is 2.82. The molecule has 8 nitrogen and oxygen atoms in total. The zero-order valence-electron chi connectivity index (χ0n) is 18.8. The minimum atomic E-state index is -0.283. The Morgan fingerprint density at radius 1 is 0.647 bits per heavy atom. The molecule has 0 amide bonds. The Labute approximate surface area is 195 Å². The summed E-state index contributed by atoms with van der Waals surface area (Å²) >= 11 is 0. The first-order valence-corrected chi connectivity index (χ1v) is 10.3. The van der Waals surface area contributed by atoms with Crippen molar-refractivity contribution < 1.29 is 39.7 Å². The molecule has 0 radical (unpaired) electrons. The van der Waals surface area contributed by atoms with Gasteiger partial charge in [0.05, 0.1) is 21.3 Å². The summed E-state index contributed by atoms with van der Waals surface area (Å²) in [6, 6.07) is 12.1. The lowest BCUT2D eigenvalue weighted by Crippen LogP contribution is -1.99. The number of ether oxygens (including phenoxy) is 3. The first-order valence-electron chi connectivity index (χ1n) is 10.3. The van der Waals surface area contributed by atoms with E-state index in [-0.39, 0.29) is 46.7 Å². The molecule has 0 saturated carbocycles. The van der Waals surface area contributed by atoms with Gasteiger partial charge in [-0.25, -0.2) is 0 Å². The van der Waals surface area contributed by atoms with Crippen molar-refractivity contribution in [2.45, 2.75) is 6.42 Å². The second kappa shape index (κ2) is 8.82. The molecule has 0 fully saturated rings. The molecule has 0 aliphatic carbocycles. The average molecular weight is 464 g/mol. The maximum atomic E-state index is 11.1.